The van der Waals surface area contributed by atoms with Gasteiger partial charge in [-0.1, -0.05) is 24.3 Å². The molecular formula is C46H49N11O3S2. The molecule has 62 heavy (non-hydrogen) atoms. The van der Waals surface area contributed by atoms with E-state index in [1.807, 2.05) is 94.4 Å². The zero-order chi connectivity index (χ0) is 43.3. The predicted molar refractivity (Wildman–Crippen MR) is 248 cm³/mol. The highest BCUT2D eigenvalue weighted by atomic mass is 32.2. The molecule has 2 unspecified atom stereocenters. The lowest BCUT2D eigenvalue weighted by molar-refractivity contribution is 0.0696. The molecule has 9 rings (SSSR count). The minimum atomic E-state index is -0.904. The largest absolute Gasteiger partial charge is 0.478 e. The van der Waals surface area contributed by atoms with Crippen LogP contribution in [0.3, 0.4) is 0 Å². The van der Waals surface area contributed by atoms with Gasteiger partial charge in [0.1, 0.15) is 28.8 Å². The highest BCUT2D eigenvalue weighted by Crippen LogP contribution is 2.48. The number of rotatable bonds is 9. The Labute approximate surface area is 369 Å². The number of benzene rings is 2. The average Bonchev–Trinajstić information content (AvgIpc) is 3.88. The molecule has 2 aromatic carbocycles. The number of hydrogen-bond acceptors (Lipinski definition) is 11. The molecule has 2 atom stereocenters. The van der Waals surface area contributed by atoms with Crippen LogP contribution in [0.5, 0.6) is 0 Å². The summed E-state index contributed by atoms with van der Waals surface area (Å²) in [5, 5.41) is 33.4. The summed E-state index contributed by atoms with van der Waals surface area (Å²) in [5.41, 5.74) is 11.0. The van der Waals surface area contributed by atoms with E-state index in [0.29, 0.717) is 16.9 Å². The molecule has 7 aromatic rings. The number of anilines is 3. The summed E-state index contributed by atoms with van der Waals surface area (Å²) in [6.45, 7) is 11.5. The second kappa shape index (κ2) is 18.7. The zero-order valence-corrected chi connectivity index (χ0v) is 36.9. The fourth-order valence-electron chi connectivity index (χ4n) is 7.91. The Balaban J connectivity index is 0.000000174. The van der Waals surface area contributed by atoms with Crippen molar-refractivity contribution in [3.63, 3.8) is 0 Å². The third-order valence-electron chi connectivity index (χ3n) is 11.0. The van der Waals surface area contributed by atoms with E-state index in [9.17, 15) is 14.7 Å². The van der Waals surface area contributed by atoms with Gasteiger partial charge in [0.25, 0.3) is 5.91 Å². The maximum Gasteiger partial charge on any atom is 0.335 e. The van der Waals surface area contributed by atoms with Crippen molar-refractivity contribution in [2.24, 2.45) is 7.05 Å². The van der Waals surface area contributed by atoms with Crippen molar-refractivity contribution < 1.29 is 14.7 Å². The number of thioether (sulfide) groups is 2. The molecule has 5 aromatic heterocycles. The molecule has 14 nitrogen and oxygen atoms in total. The zero-order valence-electron chi connectivity index (χ0n) is 35.3. The standard InChI is InChI=1S/C25H27N7OS.C21H22N4O2S/c1-4-32-24-21(22(30-32)19-7-5-6-11-26-19)23(34-14-13-27-24)18-9-8-17(15-16(18)2)25(33)29-20-10-12-28-31(20)3;1-3-25-20-17(18(24-25)16-6-4-5-9-22-16)19(28-11-10-23-20)15-8-7-14(21(26)27)12-13(15)2/h5-12,15,23,27H,4,13-14H2,1-3H3,(H,29,33);4-9,12,19,23H,3,10-11H2,1-2H3,(H,26,27). The second-order valence-corrected chi connectivity index (χ2v) is 17.3. The summed E-state index contributed by atoms with van der Waals surface area (Å²) >= 11 is 3.74. The Morgan fingerprint density at radius 1 is 0.726 bits per heavy atom. The number of nitrogens with one attached hydrogen (secondary N) is 3. The Morgan fingerprint density at radius 2 is 1.24 bits per heavy atom. The van der Waals surface area contributed by atoms with Gasteiger partial charge in [0, 0.05) is 79.9 Å². The minimum absolute atomic E-state index is 0.0603. The van der Waals surface area contributed by atoms with Crippen LogP contribution in [0.2, 0.25) is 0 Å². The lowest BCUT2D eigenvalue weighted by Gasteiger charge is -2.19. The summed E-state index contributed by atoms with van der Waals surface area (Å²) in [7, 11) is 1.80. The minimum Gasteiger partial charge on any atom is -0.478 e. The molecule has 7 heterocycles. The molecule has 318 valence electrons. The van der Waals surface area contributed by atoms with E-state index in [2.05, 4.69) is 57.9 Å². The van der Waals surface area contributed by atoms with E-state index in [1.54, 1.807) is 48.5 Å². The van der Waals surface area contributed by atoms with Crippen molar-refractivity contribution in [3.05, 3.63) is 142 Å². The molecule has 0 bridgehead atoms. The lowest BCUT2D eigenvalue weighted by atomic mass is 9.96. The molecule has 1 amide bonds. The third-order valence-corrected chi connectivity index (χ3v) is 13.5. The van der Waals surface area contributed by atoms with Gasteiger partial charge in [0.15, 0.2) is 0 Å². The molecule has 4 N–H and O–H groups in total. The number of carboxylic acid groups (broad SMARTS) is 1. The summed E-state index contributed by atoms with van der Waals surface area (Å²) in [6.07, 6.45) is 5.25. The van der Waals surface area contributed by atoms with Gasteiger partial charge >= 0.3 is 5.97 Å². The first-order chi connectivity index (χ1) is 30.2. The van der Waals surface area contributed by atoms with Crippen LogP contribution in [0, 0.1) is 13.8 Å². The summed E-state index contributed by atoms with van der Waals surface area (Å²) in [4.78, 5) is 33.3. The molecule has 16 heteroatoms. The molecule has 2 aliphatic heterocycles. The number of aromatic carboxylic acids is 1. The highest BCUT2D eigenvalue weighted by molar-refractivity contribution is 8.00. The topological polar surface area (TPSA) is 170 Å². The van der Waals surface area contributed by atoms with Crippen molar-refractivity contribution in [2.75, 3.05) is 40.5 Å². The van der Waals surface area contributed by atoms with Crippen molar-refractivity contribution in [1.82, 2.24) is 39.3 Å². The summed E-state index contributed by atoms with van der Waals surface area (Å²) in [6, 6.07) is 24.9. The number of pyridine rings is 2. The Morgan fingerprint density at radius 3 is 1.68 bits per heavy atom. The first kappa shape index (κ1) is 42.3. The average molecular weight is 868 g/mol. The third kappa shape index (κ3) is 8.57. The monoisotopic (exact) mass is 867 g/mol. The van der Waals surface area contributed by atoms with Crippen LogP contribution in [0.25, 0.3) is 22.8 Å². The van der Waals surface area contributed by atoms with E-state index in [-0.39, 0.29) is 16.4 Å². The molecule has 0 fully saturated rings. The van der Waals surface area contributed by atoms with Gasteiger partial charge < -0.3 is 21.1 Å². The maximum absolute atomic E-state index is 12.8. The van der Waals surface area contributed by atoms with E-state index >= 15 is 0 Å². The van der Waals surface area contributed by atoms with Crippen LogP contribution >= 0.6 is 23.5 Å². The van der Waals surface area contributed by atoms with E-state index in [1.165, 1.54) is 5.56 Å². The van der Waals surface area contributed by atoms with Gasteiger partial charge in [-0.25, -0.2) is 14.2 Å². The normalized spacial score (nSPS) is 15.7. The SMILES string of the molecule is CCn1nc(-c2ccccn2)c2c1NCCSC2c1ccc(C(=O)Nc2ccnn2C)cc1C.CCn1nc(-c2ccccn2)c2c1NCCSC2c1ccc(C(=O)O)cc1C. The second-order valence-electron chi connectivity index (χ2n) is 14.9. The number of aryl methyl sites for hydroxylation is 5. The van der Waals surface area contributed by atoms with Crippen molar-refractivity contribution >= 4 is 52.9 Å². The van der Waals surface area contributed by atoms with Crippen LogP contribution in [-0.2, 0) is 20.1 Å². The molecule has 2 aliphatic rings. The number of hydrogen-bond donors (Lipinski definition) is 4. The number of carboxylic acids is 1. The molecule has 0 saturated carbocycles. The maximum atomic E-state index is 12.8. The highest BCUT2D eigenvalue weighted by Gasteiger charge is 2.32. The number of carbonyl (C=O) groups is 2. The fraction of sp³-hybridized carbons (Fsp3) is 0.283. The number of fused-ring (bicyclic) bond motifs is 2. The van der Waals surface area contributed by atoms with E-state index in [0.717, 1.165) is 99.9 Å². The first-order valence-electron chi connectivity index (χ1n) is 20.7. The van der Waals surface area contributed by atoms with Crippen LogP contribution in [0.1, 0.15) is 78.4 Å². The van der Waals surface area contributed by atoms with Gasteiger partial charge in [-0.05, 0) is 98.5 Å². The number of aromatic nitrogens is 8. The number of carbonyl (C=O) groups excluding carboxylic acids is 1. The van der Waals surface area contributed by atoms with Gasteiger partial charge in [0.05, 0.1) is 33.6 Å². The van der Waals surface area contributed by atoms with Crippen molar-refractivity contribution in [3.8, 4) is 22.8 Å². The smallest absolute Gasteiger partial charge is 0.335 e. The lowest BCUT2D eigenvalue weighted by Crippen LogP contribution is -2.15. The number of amides is 1. The van der Waals surface area contributed by atoms with Crippen LogP contribution in [-0.4, -0.2) is 80.9 Å². The fourth-order valence-corrected chi connectivity index (χ4v) is 10.5. The van der Waals surface area contributed by atoms with Crippen molar-refractivity contribution in [2.45, 2.75) is 51.3 Å². The van der Waals surface area contributed by atoms with E-state index < -0.39 is 5.97 Å². The molecule has 0 radical (unpaired) electrons. The molecule has 0 spiro atoms. The van der Waals surface area contributed by atoms with Gasteiger partial charge in [-0.3, -0.25) is 19.4 Å². The van der Waals surface area contributed by atoms with Crippen LogP contribution in [0.15, 0.2) is 97.5 Å². The summed E-state index contributed by atoms with van der Waals surface area (Å²) in [5.74, 6) is 3.60. The molecule has 0 saturated heterocycles. The van der Waals surface area contributed by atoms with E-state index in [4.69, 9.17) is 10.2 Å². The van der Waals surface area contributed by atoms with Gasteiger partial charge in [-0.15, -0.1) is 23.5 Å². The van der Waals surface area contributed by atoms with Gasteiger partial charge in [-0.2, -0.15) is 15.3 Å². The molecular weight excluding hydrogens is 819 g/mol. The quantitative estimate of drug-likeness (QED) is 0.109. The van der Waals surface area contributed by atoms with Gasteiger partial charge in [0.2, 0.25) is 0 Å². The number of nitrogens with zero attached hydrogens (tertiary/aromatic N) is 8. The Hall–Kier alpha value is -6.39. The van der Waals surface area contributed by atoms with Crippen LogP contribution < -0.4 is 16.0 Å². The van der Waals surface area contributed by atoms with Crippen molar-refractivity contribution in [1.29, 1.82) is 0 Å². The Kier molecular flexibility index (Phi) is 12.8. The molecule has 0 aliphatic carbocycles. The summed E-state index contributed by atoms with van der Waals surface area (Å²) < 4.78 is 5.67. The Bertz CT molecular complexity index is 2710. The first-order valence-corrected chi connectivity index (χ1v) is 22.7. The van der Waals surface area contributed by atoms with Crippen LogP contribution in [0.4, 0.5) is 17.5 Å². The predicted octanol–water partition coefficient (Wildman–Crippen LogP) is 8.73.